The molecule has 0 unspecified atom stereocenters. The van der Waals surface area contributed by atoms with Crippen molar-refractivity contribution < 1.29 is 9.96 Å². The van der Waals surface area contributed by atoms with E-state index in [1.807, 2.05) is 0 Å². The van der Waals surface area contributed by atoms with Crippen molar-refractivity contribution in [2.75, 3.05) is 7.05 Å². The minimum Gasteiger partial charge on any atom is -0.870 e. The van der Waals surface area contributed by atoms with Gasteiger partial charge in [0.05, 0.1) is 25.2 Å². The molecule has 18 heavy (non-hydrogen) atoms. The van der Waals surface area contributed by atoms with Crippen molar-refractivity contribution in [1.82, 2.24) is 0 Å². The van der Waals surface area contributed by atoms with Gasteiger partial charge in [-0.2, -0.15) is 0 Å². The van der Waals surface area contributed by atoms with Gasteiger partial charge < -0.3 is 9.96 Å². The number of quaternary nitrogens is 1. The third-order valence-electron chi connectivity index (χ3n) is 6.33. The van der Waals surface area contributed by atoms with Crippen LogP contribution >= 0.6 is 0 Å². The Kier molecular flexibility index (Phi) is 4.71. The Morgan fingerprint density at radius 3 is 1.00 bits per heavy atom. The second-order valence-corrected chi connectivity index (χ2v) is 7.04. The van der Waals surface area contributed by atoms with Crippen molar-refractivity contribution in [2.24, 2.45) is 0 Å². The van der Waals surface area contributed by atoms with E-state index in [0.29, 0.717) is 0 Å². The van der Waals surface area contributed by atoms with Crippen molar-refractivity contribution in [3.63, 3.8) is 0 Å². The molecule has 0 saturated heterocycles. The Morgan fingerprint density at radius 1 is 0.556 bits per heavy atom. The molecule has 0 aromatic carbocycles. The van der Waals surface area contributed by atoms with Crippen LogP contribution in [0.1, 0.15) is 77.0 Å². The highest BCUT2D eigenvalue weighted by Gasteiger charge is 2.48. The molecule has 3 aliphatic carbocycles. The normalized spacial score (nSPS) is 27.8. The lowest BCUT2D eigenvalue weighted by molar-refractivity contribution is -0.976. The fourth-order valence-corrected chi connectivity index (χ4v) is 5.28. The van der Waals surface area contributed by atoms with Gasteiger partial charge in [-0.05, 0) is 77.0 Å². The van der Waals surface area contributed by atoms with Crippen molar-refractivity contribution in [1.29, 1.82) is 0 Å². The van der Waals surface area contributed by atoms with E-state index >= 15 is 0 Å². The minimum absolute atomic E-state index is 0. The van der Waals surface area contributed by atoms with Gasteiger partial charge in [-0.1, -0.05) is 0 Å². The second kappa shape index (κ2) is 5.92. The van der Waals surface area contributed by atoms with E-state index in [-0.39, 0.29) is 5.48 Å². The van der Waals surface area contributed by atoms with Crippen LogP contribution in [0.3, 0.4) is 0 Å². The molecule has 0 spiro atoms. The predicted molar refractivity (Wildman–Crippen MR) is 74.9 cm³/mol. The van der Waals surface area contributed by atoms with Crippen LogP contribution in [0.25, 0.3) is 0 Å². The van der Waals surface area contributed by atoms with Crippen molar-refractivity contribution in [2.45, 2.75) is 95.2 Å². The van der Waals surface area contributed by atoms with Gasteiger partial charge in [0.2, 0.25) is 0 Å². The van der Waals surface area contributed by atoms with Crippen LogP contribution in [0.4, 0.5) is 0 Å². The molecule has 0 aliphatic heterocycles. The summed E-state index contributed by atoms with van der Waals surface area (Å²) in [6.45, 7) is 0. The summed E-state index contributed by atoms with van der Waals surface area (Å²) in [4.78, 5) is 0. The third-order valence-corrected chi connectivity index (χ3v) is 6.33. The fraction of sp³-hybridized carbons (Fsp3) is 1.00. The molecule has 106 valence electrons. The highest BCUT2D eigenvalue weighted by molar-refractivity contribution is 4.81. The predicted octanol–water partition coefficient (Wildman–Crippen LogP) is 4.08. The first-order chi connectivity index (χ1) is 8.32. The summed E-state index contributed by atoms with van der Waals surface area (Å²) in [7, 11) is 2.65. The highest BCUT2D eigenvalue weighted by Crippen LogP contribution is 2.42. The van der Waals surface area contributed by atoms with Crippen LogP contribution in [-0.4, -0.2) is 35.1 Å². The first-order valence-electron chi connectivity index (χ1n) is 8.17. The molecular formula is C16H31NO. The molecule has 3 rings (SSSR count). The molecule has 3 aliphatic rings. The molecular weight excluding hydrogens is 222 g/mol. The van der Waals surface area contributed by atoms with E-state index in [1.165, 1.54) is 81.5 Å². The molecule has 1 N–H and O–H groups in total. The van der Waals surface area contributed by atoms with Crippen molar-refractivity contribution in [3.05, 3.63) is 0 Å². The topological polar surface area (TPSA) is 30.0 Å². The maximum absolute atomic E-state index is 2.65. The van der Waals surface area contributed by atoms with E-state index in [0.717, 1.165) is 18.1 Å². The summed E-state index contributed by atoms with van der Waals surface area (Å²) in [5.74, 6) is 0. The molecule has 2 nitrogen and oxygen atoms in total. The Morgan fingerprint density at radius 2 is 0.778 bits per heavy atom. The molecule has 3 saturated carbocycles. The van der Waals surface area contributed by atoms with Crippen molar-refractivity contribution >= 4 is 0 Å². The van der Waals surface area contributed by atoms with Crippen molar-refractivity contribution in [3.8, 4) is 0 Å². The Balaban J connectivity index is 0.00000120. The molecule has 3 fully saturated rings. The lowest BCUT2D eigenvalue weighted by atomic mass is 9.98. The van der Waals surface area contributed by atoms with Gasteiger partial charge in [0.25, 0.3) is 0 Å². The summed E-state index contributed by atoms with van der Waals surface area (Å²) in [5.41, 5.74) is 0. The van der Waals surface area contributed by atoms with Gasteiger partial charge in [0.1, 0.15) is 0 Å². The standard InChI is InChI=1S/C16H30N.H2O/c1-17(14-8-2-3-9-14,15-10-4-5-11-15)16-12-6-7-13-16;/h14-16H,2-13H2,1H3;1H2/q+1;/p-1. The maximum Gasteiger partial charge on any atom is 0.0892 e. The van der Waals surface area contributed by atoms with Crippen LogP contribution < -0.4 is 0 Å². The summed E-state index contributed by atoms with van der Waals surface area (Å²) in [6, 6.07) is 3.09. The fourth-order valence-electron chi connectivity index (χ4n) is 5.28. The second-order valence-electron chi connectivity index (χ2n) is 7.04. The zero-order valence-corrected chi connectivity index (χ0v) is 12.1. The summed E-state index contributed by atoms with van der Waals surface area (Å²) in [5, 5.41) is 0. The quantitative estimate of drug-likeness (QED) is 0.697. The largest absolute Gasteiger partial charge is 0.870 e. The van der Waals surface area contributed by atoms with E-state index in [4.69, 9.17) is 0 Å². The minimum atomic E-state index is 0. The van der Waals surface area contributed by atoms with E-state index in [2.05, 4.69) is 7.05 Å². The van der Waals surface area contributed by atoms with Gasteiger partial charge in [0, 0.05) is 0 Å². The Bertz CT molecular complexity index is 207. The van der Waals surface area contributed by atoms with Gasteiger partial charge in [-0.3, -0.25) is 0 Å². The average molecular weight is 253 g/mol. The summed E-state index contributed by atoms with van der Waals surface area (Å²) < 4.78 is 1.50. The monoisotopic (exact) mass is 253 g/mol. The molecule has 0 aromatic heterocycles. The summed E-state index contributed by atoms with van der Waals surface area (Å²) >= 11 is 0. The van der Waals surface area contributed by atoms with Crippen LogP contribution in [-0.2, 0) is 0 Å². The Labute approximate surface area is 113 Å². The average Bonchev–Trinajstić information content (AvgIpc) is 3.10. The number of hydrogen-bond acceptors (Lipinski definition) is 1. The zero-order chi connectivity index (χ0) is 11.7. The van der Waals surface area contributed by atoms with E-state index in [1.54, 1.807) is 0 Å². The van der Waals surface area contributed by atoms with Crippen LogP contribution in [0, 0.1) is 0 Å². The molecule has 0 amide bonds. The van der Waals surface area contributed by atoms with Crippen LogP contribution in [0.2, 0.25) is 0 Å². The number of nitrogens with zero attached hydrogens (tertiary/aromatic N) is 1. The zero-order valence-electron chi connectivity index (χ0n) is 12.1. The maximum atomic E-state index is 2.65. The molecule has 0 aromatic rings. The lowest BCUT2D eigenvalue weighted by Crippen LogP contribution is -2.62. The van der Waals surface area contributed by atoms with E-state index < -0.39 is 0 Å². The molecule has 2 heteroatoms. The molecule has 0 atom stereocenters. The van der Waals surface area contributed by atoms with E-state index in [9.17, 15) is 0 Å². The molecule has 0 radical (unpaired) electrons. The third kappa shape index (κ3) is 2.34. The first-order valence-corrected chi connectivity index (χ1v) is 8.17. The van der Waals surface area contributed by atoms with Crippen LogP contribution in [0.5, 0.6) is 0 Å². The Hall–Kier alpha value is -0.0800. The van der Waals surface area contributed by atoms with Gasteiger partial charge in [0.15, 0.2) is 0 Å². The highest BCUT2D eigenvalue weighted by atomic mass is 16.0. The SMILES string of the molecule is C[N+](C1CCCC1)(C1CCCC1)C1CCCC1.[OH-]. The van der Waals surface area contributed by atoms with Gasteiger partial charge in [-0.15, -0.1) is 0 Å². The van der Waals surface area contributed by atoms with Crippen LogP contribution in [0.15, 0.2) is 0 Å². The summed E-state index contributed by atoms with van der Waals surface area (Å²) in [6.07, 6.45) is 18.3. The number of hydrogen-bond donors (Lipinski definition) is 0. The smallest absolute Gasteiger partial charge is 0.0892 e. The molecule has 0 bridgehead atoms. The number of rotatable bonds is 3. The van der Waals surface area contributed by atoms with Gasteiger partial charge >= 0.3 is 0 Å². The lowest BCUT2D eigenvalue weighted by Gasteiger charge is -2.49. The molecule has 0 heterocycles. The van der Waals surface area contributed by atoms with Gasteiger partial charge in [-0.25, -0.2) is 0 Å². The first kappa shape index (κ1) is 14.3.